The van der Waals surface area contributed by atoms with Crippen LogP contribution in [0.15, 0.2) is 6.20 Å². The molecule has 1 aromatic rings. The molecule has 0 aliphatic carbocycles. The van der Waals surface area contributed by atoms with Gasteiger partial charge in [-0.3, -0.25) is 10.1 Å². The lowest BCUT2D eigenvalue weighted by molar-refractivity contribution is -0.384. The van der Waals surface area contributed by atoms with Gasteiger partial charge in [-0.1, -0.05) is 13.8 Å². The lowest BCUT2D eigenvalue weighted by atomic mass is 10.3. The Kier molecular flexibility index (Phi) is 5.29. The van der Waals surface area contributed by atoms with Crippen LogP contribution in [0.4, 0.5) is 17.5 Å². The van der Waals surface area contributed by atoms with E-state index in [1.165, 1.54) is 6.20 Å². The quantitative estimate of drug-likeness (QED) is 0.591. The molecule has 0 radical (unpaired) electrons. The van der Waals surface area contributed by atoms with E-state index in [1.54, 1.807) is 7.05 Å². The first kappa shape index (κ1) is 14.1. The van der Waals surface area contributed by atoms with Gasteiger partial charge in [0.2, 0.25) is 11.8 Å². The molecule has 7 heteroatoms. The van der Waals surface area contributed by atoms with Crippen LogP contribution < -0.4 is 10.2 Å². The highest BCUT2D eigenvalue weighted by Crippen LogP contribution is 2.26. The third-order valence-corrected chi connectivity index (χ3v) is 2.46. The maximum atomic E-state index is 11.0. The molecular weight excluding hydrogens is 234 g/mol. The Morgan fingerprint density at radius 3 is 2.44 bits per heavy atom. The van der Waals surface area contributed by atoms with E-state index in [9.17, 15) is 10.1 Å². The Labute approximate surface area is 106 Å². The fraction of sp³-hybridized carbons (Fsp3) is 0.636. The minimum Gasteiger partial charge on any atom is -0.357 e. The van der Waals surface area contributed by atoms with Crippen molar-refractivity contribution in [2.24, 2.45) is 0 Å². The standard InChI is InChI=1S/C11H19N5O2/c1-4-6-15(7-5-2)10-9(16(17)18)8-13-11(12-3)14-10/h8H,4-7H2,1-3H3,(H,12,13,14). The fourth-order valence-electron chi connectivity index (χ4n) is 1.71. The minimum absolute atomic E-state index is 0.0455. The summed E-state index contributed by atoms with van der Waals surface area (Å²) >= 11 is 0. The Morgan fingerprint density at radius 1 is 1.39 bits per heavy atom. The molecular formula is C11H19N5O2. The average molecular weight is 253 g/mol. The zero-order valence-electron chi connectivity index (χ0n) is 11.0. The van der Waals surface area contributed by atoms with E-state index in [0.717, 1.165) is 25.9 Å². The molecule has 0 aliphatic rings. The molecule has 0 unspecified atom stereocenters. The zero-order valence-corrected chi connectivity index (χ0v) is 11.0. The van der Waals surface area contributed by atoms with Crippen LogP contribution in [0.3, 0.4) is 0 Å². The second-order valence-electron chi connectivity index (χ2n) is 3.90. The summed E-state index contributed by atoms with van der Waals surface area (Å²) in [7, 11) is 1.69. The SMILES string of the molecule is CCCN(CCC)c1nc(NC)ncc1[N+](=O)[O-]. The van der Waals surface area contributed by atoms with Crippen LogP contribution in [-0.4, -0.2) is 35.0 Å². The molecule has 0 saturated heterocycles. The summed E-state index contributed by atoms with van der Waals surface area (Å²) in [6.45, 7) is 5.56. The van der Waals surface area contributed by atoms with Gasteiger partial charge in [0.1, 0.15) is 6.20 Å². The topological polar surface area (TPSA) is 84.2 Å². The summed E-state index contributed by atoms with van der Waals surface area (Å²) in [6.07, 6.45) is 3.08. The summed E-state index contributed by atoms with van der Waals surface area (Å²) in [5.74, 6) is 0.788. The molecule has 0 aliphatic heterocycles. The van der Waals surface area contributed by atoms with Gasteiger partial charge >= 0.3 is 5.69 Å². The van der Waals surface area contributed by atoms with Crippen molar-refractivity contribution in [3.05, 3.63) is 16.3 Å². The van der Waals surface area contributed by atoms with Crippen LogP contribution in [0.5, 0.6) is 0 Å². The van der Waals surface area contributed by atoms with Crippen molar-refractivity contribution >= 4 is 17.5 Å². The predicted octanol–water partition coefficient (Wildman–Crippen LogP) is 2.05. The third kappa shape index (κ3) is 3.28. The van der Waals surface area contributed by atoms with Gasteiger partial charge in [0, 0.05) is 20.1 Å². The molecule has 1 rings (SSSR count). The Hall–Kier alpha value is -1.92. The number of nitrogens with zero attached hydrogens (tertiary/aromatic N) is 4. The van der Waals surface area contributed by atoms with Gasteiger partial charge in [0.25, 0.3) is 0 Å². The Morgan fingerprint density at radius 2 is 2.00 bits per heavy atom. The monoisotopic (exact) mass is 253 g/mol. The highest BCUT2D eigenvalue weighted by Gasteiger charge is 2.21. The highest BCUT2D eigenvalue weighted by molar-refractivity contribution is 5.58. The molecule has 0 saturated carbocycles. The maximum Gasteiger partial charge on any atom is 0.329 e. The van der Waals surface area contributed by atoms with Gasteiger partial charge in [-0.25, -0.2) is 4.98 Å². The van der Waals surface area contributed by atoms with Crippen LogP contribution in [0.2, 0.25) is 0 Å². The number of nitrogens with one attached hydrogen (secondary N) is 1. The van der Waals surface area contributed by atoms with E-state index in [1.807, 2.05) is 18.7 Å². The van der Waals surface area contributed by atoms with Gasteiger partial charge in [0.05, 0.1) is 4.92 Å². The van der Waals surface area contributed by atoms with E-state index in [0.29, 0.717) is 11.8 Å². The van der Waals surface area contributed by atoms with Crippen LogP contribution >= 0.6 is 0 Å². The molecule has 0 atom stereocenters. The van der Waals surface area contributed by atoms with Crippen molar-refractivity contribution in [1.29, 1.82) is 0 Å². The number of hydrogen-bond donors (Lipinski definition) is 1. The number of rotatable bonds is 7. The summed E-state index contributed by atoms with van der Waals surface area (Å²) in [5, 5.41) is 13.8. The van der Waals surface area contributed by atoms with Gasteiger partial charge in [0.15, 0.2) is 0 Å². The summed E-state index contributed by atoms with van der Waals surface area (Å²) in [4.78, 5) is 20.6. The van der Waals surface area contributed by atoms with E-state index < -0.39 is 4.92 Å². The molecule has 1 heterocycles. The number of aromatic nitrogens is 2. The lowest BCUT2D eigenvalue weighted by Gasteiger charge is -2.22. The maximum absolute atomic E-state index is 11.0. The normalized spacial score (nSPS) is 10.2. The zero-order chi connectivity index (χ0) is 13.5. The molecule has 0 bridgehead atoms. The molecule has 18 heavy (non-hydrogen) atoms. The largest absolute Gasteiger partial charge is 0.357 e. The van der Waals surface area contributed by atoms with E-state index in [4.69, 9.17) is 0 Å². The second kappa shape index (κ2) is 6.73. The van der Waals surface area contributed by atoms with E-state index >= 15 is 0 Å². The molecule has 0 fully saturated rings. The van der Waals surface area contributed by atoms with Gasteiger partial charge in [-0.2, -0.15) is 4.98 Å². The predicted molar refractivity (Wildman–Crippen MR) is 71.0 cm³/mol. The van der Waals surface area contributed by atoms with Gasteiger partial charge in [-0.05, 0) is 12.8 Å². The second-order valence-corrected chi connectivity index (χ2v) is 3.90. The number of nitro groups is 1. The number of anilines is 2. The minimum atomic E-state index is -0.437. The van der Waals surface area contributed by atoms with Gasteiger partial charge in [-0.15, -0.1) is 0 Å². The van der Waals surface area contributed by atoms with Gasteiger partial charge < -0.3 is 10.2 Å². The number of hydrogen-bond acceptors (Lipinski definition) is 6. The van der Waals surface area contributed by atoms with Crippen molar-refractivity contribution < 1.29 is 4.92 Å². The van der Waals surface area contributed by atoms with Crippen molar-refractivity contribution in [3.8, 4) is 0 Å². The molecule has 1 aromatic heterocycles. The van der Waals surface area contributed by atoms with Crippen molar-refractivity contribution in [1.82, 2.24) is 9.97 Å². The average Bonchev–Trinajstić information content (AvgIpc) is 2.37. The first-order valence-electron chi connectivity index (χ1n) is 6.08. The van der Waals surface area contributed by atoms with Crippen molar-refractivity contribution in [2.45, 2.75) is 26.7 Å². The molecule has 0 aromatic carbocycles. The van der Waals surface area contributed by atoms with Crippen LogP contribution in [0.1, 0.15) is 26.7 Å². The smallest absolute Gasteiger partial charge is 0.329 e. The summed E-state index contributed by atoms with van der Waals surface area (Å²) < 4.78 is 0. The fourth-order valence-corrected chi connectivity index (χ4v) is 1.71. The molecule has 7 nitrogen and oxygen atoms in total. The summed E-state index contributed by atoms with van der Waals surface area (Å²) in [6, 6.07) is 0. The summed E-state index contributed by atoms with van der Waals surface area (Å²) in [5.41, 5.74) is -0.0455. The molecule has 0 spiro atoms. The first-order valence-corrected chi connectivity index (χ1v) is 6.08. The lowest BCUT2D eigenvalue weighted by Crippen LogP contribution is -2.27. The van der Waals surface area contributed by atoms with E-state index in [-0.39, 0.29) is 5.69 Å². The molecule has 100 valence electrons. The first-order chi connectivity index (χ1) is 8.63. The molecule has 0 amide bonds. The third-order valence-electron chi connectivity index (χ3n) is 2.46. The van der Waals surface area contributed by atoms with Crippen molar-refractivity contribution in [3.63, 3.8) is 0 Å². The van der Waals surface area contributed by atoms with Crippen LogP contribution in [-0.2, 0) is 0 Å². The van der Waals surface area contributed by atoms with Crippen LogP contribution in [0, 0.1) is 10.1 Å². The molecule has 1 N–H and O–H groups in total. The van der Waals surface area contributed by atoms with Crippen LogP contribution in [0.25, 0.3) is 0 Å². The van der Waals surface area contributed by atoms with Crippen molar-refractivity contribution in [2.75, 3.05) is 30.4 Å². The Balaban J connectivity index is 3.18. The van der Waals surface area contributed by atoms with E-state index in [2.05, 4.69) is 15.3 Å². The highest BCUT2D eigenvalue weighted by atomic mass is 16.6. The Bertz CT molecular complexity index is 404.